The molecule has 7 heteroatoms. The first-order valence-corrected chi connectivity index (χ1v) is 7.45. The third-order valence-corrected chi connectivity index (χ3v) is 3.41. The molecule has 1 fully saturated rings. The number of piperazine rings is 1. The maximum absolute atomic E-state index is 12.0. The van der Waals surface area contributed by atoms with Gasteiger partial charge in [0.25, 0.3) is 0 Å². The Bertz CT molecular complexity index is 516. The van der Waals surface area contributed by atoms with Gasteiger partial charge < -0.3 is 14.5 Å². The minimum atomic E-state index is -0.450. The fraction of sp³-hybridized carbons (Fsp3) is 0.533. The van der Waals surface area contributed by atoms with Crippen molar-refractivity contribution >= 4 is 17.5 Å². The molecule has 2 rings (SSSR count). The van der Waals surface area contributed by atoms with Gasteiger partial charge in [-0.2, -0.15) is 0 Å². The SMILES string of the molecule is CC(C)(C)OC(=O)N1CCN(c2ccc([NH2+]N=[NH2+])cc2)CC1. The molecule has 4 N–H and O–H groups in total. The highest BCUT2D eigenvalue weighted by Gasteiger charge is 2.25. The summed E-state index contributed by atoms with van der Waals surface area (Å²) in [7, 11) is 0. The first-order chi connectivity index (χ1) is 10.4. The van der Waals surface area contributed by atoms with Crippen molar-refractivity contribution in [3.05, 3.63) is 24.3 Å². The van der Waals surface area contributed by atoms with Crippen LogP contribution in [0.2, 0.25) is 0 Å². The smallest absolute Gasteiger partial charge is 0.410 e. The van der Waals surface area contributed by atoms with Gasteiger partial charge in [-0.1, -0.05) is 0 Å². The van der Waals surface area contributed by atoms with Crippen molar-refractivity contribution < 1.29 is 20.5 Å². The summed E-state index contributed by atoms with van der Waals surface area (Å²) < 4.78 is 5.40. The standard InChI is InChI=1S/C15H23N5O2/c1-15(2,3)22-14(21)20-10-8-19(9-11-20)13-6-4-12(5-7-13)17-18-16/h4-7H,8-11H2,1-3H3,(H2,16,17)/p+2. The molecule has 1 aromatic rings. The van der Waals surface area contributed by atoms with Gasteiger partial charge in [0.15, 0.2) is 10.9 Å². The summed E-state index contributed by atoms with van der Waals surface area (Å²) in [6.07, 6.45) is -0.235. The molecule has 120 valence electrons. The minimum Gasteiger partial charge on any atom is -0.444 e. The van der Waals surface area contributed by atoms with Gasteiger partial charge in [0.05, 0.1) is 0 Å². The second kappa shape index (κ2) is 6.74. The zero-order valence-electron chi connectivity index (χ0n) is 13.5. The Morgan fingerprint density at radius 2 is 1.77 bits per heavy atom. The molecule has 1 aliphatic rings. The van der Waals surface area contributed by atoms with Crippen LogP contribution in [-0.2, 0) is 4.74 Å². The van der Waals surface area contributed by atoms with E-state index in [1.54, 1.807) is 10.3 Å². The summed E-state index contributed by atoms with van der Waals surface area (Å²) in [5.74, 6) is 0. The van der Waals surface area contributed by atoms with E-state index in [1.807, 2.05) is 45.0 Å². The van der Waals surface area contributed by atoms with E-state index in [0.717, 1.165) is 24.5 Å². The summed E-state index contributed by atoms with van der Waals surface area (Å²) in [5, 5.41) is 3.51. The number of quaternary nitrogens is 1. The fourth-order valence-electron chi connectivity index (χ4n) is 2.33. The maximum atomic E-state index is 12.0. The van der Waals surface area contributed by atoms with E-state index in [1.165, 1.54) is 0 Å². The molecule has 0 radical (unpaired) electrons. The second-order valence-corrected chi connectivity index (χ2v) is 6.32. The zero-order chi connectivity index (χ0) is 16.2. The molecule has 0 aliphatic carbocycles. The van der Waals surface area contributed by atoms with E-state index < -0.39 is 5.60 Å². The summed E-state index contributed by atoms with van der Waals surface area (Å²) in [6, 6.07) is 8.04. The lowest BCUT2D eigenvalue weighted by Gasteiger charge is -2.36. The van der Waals surface area contributed by atoms with Gasteiger partial charge in [0, 0.05) is 44.0 Å². The van der Waals surface area contributed by atoms with Crippen molar-refractivity contribution in [1.29, 1.82) is 0 Å². The molecular formula is C15H25N5O2+2. The lowest BCUT2D eigenvalue weighted by atomic mass is 10.2. The first kappa shape index (κ1) is 16.2. The van der Waals surface area contributed by atoms with Crippen molar-refractivity contribution in [3.63, 3.8) is 0 Å². The number of amides is 1. The van der Waals surface area contributed by atoms with Crippen LogP contribution in [0.1, 0.15) is 20.8 Å². The highest BCUT2D eigenvalue weighted by molar-refractivity contribution is 5.68. The molecule has 1 amide bonds. The predicted molar refractivity (Wildman–Crippen MR) is 82.4 cm³/mol. The molecule has 1 aromatic carbocycles. The Balaban J connectivity index is 1.89. The molecule has 7 nitrogen and oxygen atoms in total. The van der Waals surface area contributed by atoms with Crippen LogP contribution in [0.5, 0.6) is 0 Å². The van der Waals surface area contributed by atoms with Crippen LogP contribution < -0.4 is 15.9 Å². The Labute approximate surface area is 130 Å². The van der Waals surface area contributed by atoms with Crippen LogP contribution in [0.3, 0.4) is 0 Å². The summed E-state index contributed by atoms with van der Waals surface area (Å²) in [4.78, 5) is 16.0. The van der Waals surface area contributed by atoms with Crippen molar-refractivity contribution in [2.24, 2.45) is 5.22 Å². The van der Waals surface area contributed by atoms with E-state index >= 15 is 0 Å². The quantitative estimate of drug-likeness (QED) is 0.358. The van der Waals surface area contributed by atoms with Gasteiger partial charge in [-0.25, -0.2) is 4.79 Å². The number of carbonyl (C=O) groups is 1. The van der Waals surface area contributed by atoms with Crippen LogP contribution in [0, 0.1) is 0 Å². The molecule has 0 spiro atoms. The monoisotopic (exact) mass is 307 g/mol. The molecule has 0 unspecified atom stereocenters. The van der Waals surface area contributed by atoms with Crippen LogP contribution in [-0.4, -0.2) is 42.8 Å². The van der Waals surface area contributed by atoms with E-state index in [2.05, 4.69) is 10.1 Å². The lowest BCUT2D eigenvalue weighted by molar-refractivity contribution is -0.658. The van der Waals surface area contributed by atoms with Crippen LogP contribution in [0.15, 0.2) is 29.5 Å². The second-order valence-electron chi connectivity index (χ2n) is 6.32. The average molecular weight is 307 g/mol. The van der Waals surface area contributed by atoms with Crippen LogP contribution >= 0.6 is 0 Å². The van der Waals surface area contributed by atoms with Crippen molar-refractivity contribution in [1.82, 2.24) is 4.90 Å². The van der Waals surface area contributed by atoms with Gasteiger partial charge in [0.2, 0.25) is 0 Å². The Morgan fingerprint density at radius 3 is 2.27 bits per heavy atom. The fourth-order valence-corrected chi connectivity index (χ4v) is 2.33. The third-order valence-electron chi connectivity index (χ3n) is 3.41. The van der Waals surface area contributed by atoms with Crippen molar-refractivity contribution in [2.75, 3.05) is 31.1 Å². The van der Waals surface area contributed by atoms with Gasteiger partial charge in [-0.05, 0) is 32.9 Å². The molecular weight excluding hydrogens is 282 g/mol. The number of carbonyl (C=O) groups excluding carboxylic acids is 1. The normalized spacial score (nSPS) is 15.6. The summed E-state index contributed by atoms with van der Waals surface area (Å²) >= 11 is 0. The van der Waals surface area contributed by atoms with E-state index in [-0.39, 0.29) is 6.09 Å². The molecule has 1 saturated heterocycles. The van der Waals surface area contributed by atoms with Crippen LogP contribution in [0.25, 0.3) is 0 Å². The molecule has 1 heterocycles. The number of nitrogens with zero attached hydrogens (tertiary/aromatic N) is 3. The van der Waals surface area contributed by atoms with Gasteiger partial charge >= 0.3 is 6.09 Å². The molecule has 0 aromatic heterocycles. The molecule has 0 atom stereocenters. The topological polar surface area (TPSA) is 87.3 Å². The van der Waals surface area contributed by atoms with Crippen molar-refractivity contribution in [3.8, 4) is 0 Å². The van der Waals surface area contributed by atoms with Crippen molar-refractivity contribution in [2.45, 2.75) is 26.4 Å². The first-order valence-electron chi connectivity index (χ1n) is 7.45. The van der Waals surface area contributed by atoms with Gasteiger partial charge in [-0.15, -0.1) is 11.0 Å². The lowest BCUT2D eigenvalue weighted by Crippen LogP contribution is -2.75. The minimum absolute atomic E-state index is 0.235. The summed E-state index contributed by atoms with van der Waals surface area (Å²) in [5.41, 5.74) is 8.41. The molecule has 0 saturated carbocycles. The zero-order valence-corrected chi connectivity index (χ0v) is 13.5. The Morgan fingerprint density at radius 1 is 1.18 bits per heavy atom. The third kappa shape index (κ3) is 4.42. The average Bonchev–Trinajstić information content (AvgIpc) is 2.47. The number of ether oxygens (including phenoxy) is 1. The number of anilines is 1. The summed E-state index contributed by atoms with van der Waals surface area (Å²) in [6.45, 7) is 8.57. The number of hydrogen-bond acceptors (Lipinski definition) is 4. The number of rotatable bonds is 3. The highest BCUT2D eigenvalue weighted by Crippen LogP contribution is 2.19. The van der Waals surface area contributed by atoms with Gasteiger partial charge in [-0.3, -0.25) is 0 Å². The highest BCUT2D eigenvalue weighted by atomic mass is 16.6. The Hall–Kier alpha value is -2.15. The molecule has 22 heavy (non-hydrogen) atoms. The molecule has 1 aliphatic heterocycles. The molecule has 0 bridgehead atoms. The van der Waals surface area contributed by atoms with E-state index in [0.29, 0.717) is 13.1 Å². The number of hydrogen-bond donors (Lipinski definition) is 2. The van der Waals surface area contributed by atoms with Gasteiger partial charge in [0.1, 0.15) is 5.60 Å². The number of nitrogens with two attached hydrogens (primary N) is 2. The maximum Gasteiger partial charge on any atom is 0.410 e. The van der Waals surface area contributed by atoms with E-state index in [9.17, 15) is 4.79 Å². The van der Waals surface area contributed by atoms with Crippen LogP contribution in [0.4, 0.5) is 16.2 Å². The predicted octanol–water partition coefficient (Wildman–Crippen LogP) is 0.0649. The van der Waals surface area contributed by atoms with E-state index in [4.69, 9.17) is 10.3 Å². The Kier molecular flexibility index (Phi) is 4.97. The number of benzene rings is 1. The largest absolute Gasteiger partial charge is 0.444 e.